The van der Waals surface area contributed by atoms with Gasteiger partial charge >= 0.3 is 11.9 Å². The normalized spacial score (nSPS) is 27.1. The largest absolute Gasteiger partial charge is 0.466 e. The smallest absolute Gasteiger partial charge is 0.320 e. The van der Waals surface area contributed by atoms with Crippen LogP contribution < -0.4 is 0 Å². The Kier molecular flexibility index (Phi) is 3.67. The number of ether oxygens (including phenoxy) is 2. The molecule has 16 heavy (non-hydrogen) atoms. The molecule has 1 aliphatic carbocycles. The topological polar surface area (TPSA) is 69.7 Å². The Morgan fingerprint density at radius 1 is 1.19 bits per heavy atom. The SMILES string of the molecule is CCOC(=O)C1CC1(C(C)=O)C(=O)OCC. The number of carbonyl (C=O) groups is 3. The van der Waals surface area contributed by atoms with Crippen molar-refractivity contribution in [2.24, 2.45) is 11.3 Å². The van der Waals surface area contributed by atoms with Crippen molar-refractivity contribution >= 4 is 17.7 Å². The van der Waals surface area contributed by atoms with E-state index < -0.39 is 23.3 Å². The maximum absolute atomic E-state index is 11.6. The second-order valence-corrected chi connectivity index (χ2v) is 3.76. The van der Waals surface area contributed by atoms with Gasteiger partial charge in [0.25, 0.3) is 0 Å². The van der Waals surface area contributed by atoms with Crippen LogP contribution in [0.1, 0.15) is 27.2 Å². The summed E-state index contributed by atoms with van der Waals surface area (Å²) in [5, 5.41) is 0. The maximum Gasteiger partial charge on any atom is 0.320 e. The monoisotopic (exact) mass is 228 g/mol. The Balaban J connectivity index is 2.77. The highest BCUT2D eigenvalue weighted by Crippen LogP contribution is 2.54. The fourth-order valence-corrected chi connectivity index (χ4v) is 1.81. The molecular formula is C11H16O5. The third-order valence-corrected chi connectivity index (χ3v) is 2.80. The Hall–Kier alpha value is -1.39. The van der Waals surface area contributed by atoms with Gasteiger partial charge in [-0.15, -0.1) is 0 Å². The summed E-state index contributed by atoms with van der Waals surface area (Å²) >= 11 is 0. The van der Waals surface area contributed by atoms with Crippen LogP contribution in [0.25, 0.3) is 0 Å². The van der Waals surface area contributed by atoms with Crippen LogP contribution in [0.4, 0.5) is 0 Å². The van der Waals surface area contributed by atoms with Gasteiger partial charge in [-0.1, -0.05) is 0 Å². The number of Topliss-reactive ketones (excluding diaryl/α,β-unsaturated/α-hetero) is 1. The van der Waals surface area contributed by atoms with E-state index in [2.05, 4.69) is 0 Å². The summed E-state index contributed by atoms with van der Waals surface area (Å²) < 4.78 is 9.62. The summed E-state index contributed by atoms with van der Waals surface area (Å²) in [6.07, 6.45) is 0.208. The zero-order valence-corrected chi connectivity index (χ0v) is 9.74. The molecule has 5 heteroatoms. The summed E-state index contributed by atoms with van der Waals surface area (Å²) in [4.78, 5) is 34.5. The molecule has 90 valence electrons. The zero-order valence-electron chi connectivity index (χ0n) is 9.74. The predicted octanol–water partition coefficient (Wildman–Crippen LogP) is 0.708. The molecule has 1 saturated carbocycles. The van der Waals surface area contributed by atoms with E-state index in [1.807, 2.05) is 0 Å². The standard InChI is InChI=1S/C11H16O5/c1-4-15-9(13)8-6-11(8,7(3)12)10(14)16-5-2/h8H,4-6H2,1-3H3. The second-order valence-electron chi connectivity index (χ2n) is 3.76. The van der Waals surface area contributed by atoms with Crippen molar-refractivity contribution in [1.29, 1.82) is 0 Å². The maximum atomic E-state index is 11.6. The van der Waals surface area contributed by atoms with Crippen molar-refractivity contribution in [2.75, 3.05) is 13.2 Å². The molecule has 5 nitrogen and oxygen atoms in total. The zero-order chi connectivity index (χ0) is 12.3. The van der Waals surface area contributed by atoms with Gasteiger partial charge in [0, 0.05) is 0 Å². The van der Waals surface area contributed by atoms with E-state index in [0.29, 0.717) is 0 Å². The quantitative estimate of drug-likeness (QED) is 0.512. The molecule has 1 rings (SSSR count). The molecule has 1 fully saturated rings. The summed E-state index contributed by atoms with van der Waals surface area (Å²) in [5.74, 6) is -2.10. The molecule has 2 unspecified atom stereocenters. The Bertz CT molecular complexity index is 322. The predicted molar refractivity (Wildman–Crippen MR) is 54.5 cm³/mol. The molecule has 0 aromatic heterocycles. The Morgan fingerprint density at radius 2 is 1.75 bits per heavy atom. The lowest BCUT2D eigenvalue weighted by Gasteiger charge is -2.11. The van der Waals surface area contributed by atoms with Crippen LogP contribution in [0.2, 0.25) is 0 Å². The molecule has 0 N–H and O–H groups in total. The molecule has 0 amide bonds. The van der Waals surface area contributed by atoms with Crippen molar-refractivity contribution in [3.05, 3.63) is 0 Å². The highest BCUT2D eigenvalue weighted by molar-refractivity contribution is 6.10. The highest BCUT2D eigenvalue weighted by Gasteiger charge is 2.69. The van der Waals surface area contributed by atoms with E-state index in [-0.39, 0.29) is 25.4 Å². The van der Waals surface area contributed by atoms with Gasteiger partial charge in [0.05, 0.1) is 19.1 Å². The minimum absolute atomic E-state index is 0.198. The van der Waals surface area contributed by atoms with E-state index in [9.17, 15) is 14.4 Å². The van der Waals surface area contributed by atoms with Crippen LogP contribution in [-0.2, 0) is 23.9 Å². The summed E-state index contributed by atoms with van der Waals surface area (Å²) in [6.45, 7) is 5.08. The van der Waals surface area contributed by atoms with Crippen molar-refractivity contribution in [1.82, 2.24) is 0 Å². The highest BCUT2D eigenvalue weighted by atomic mass is 16.5. The average molecular weight is 228 g/mol. The molecule has 0 aromatic carbocycles. The number of hydrogen-bond donors (Lipinski definition) is 0. The molecule has 0 saturated heterocycles. The van der Waals surface area contributed by atoms with Gasteiger partial charge in [-0.05, 0) is 27.2 Å². The summed E-state index contributed by atoms with van der Waals surface area (Å²) in [6, 6.07) is 0. The molecule has 0 aliphatic heterocycles. The lowest BCUT2D eigenvalue weighted by atomic mass is 9.99. The van der Waals surface area contributed by atoms with Gasteiger partial charge in [0.2, 0.25) is 0 Å². The van der Waals surface area contributed by atoms with Gasteiger partial charge in [-0.3, -0.25) is 14.4 Å². The fourth-order valence-electron chi connectivity index (χ4n) is 1.81. The number of carbonyl (C=O) groups excluding carboxylic acids is 3. The fraction of sp³-hybridized carbons (Fsp3) is 0.727. The molecule has 0 radical (unpaired) electrons. The van der Waals surface area contributed by atoms with Gasteiger partial charge in [0.1, 0.15) is 11.2 Å². The molecule has 2 atom stereocenters. The first kappa shape index (κ1) is 12.7. The molecule has 1 aliphatic rings. The van der Waals surface area contributed by atoms with E-state index in [4.69, 9.17) is 9.47 Å². The second kappa shape index (κ2) is 4.63. The minimum Gasteiger partial charge on any atom is -0.466 e. The van der Waals surface area contributed by atoms with Crippen LogP contribution in [0, 0.1) is 11.3 Å². The number of rotatable bonds is 5. The summed E-state index contributed by atoms with van der Waals surface area (Å²) in [7, 11) is 0. The van der Waals surface area contributed by atoms with Gasteiger partial charge in [-0.2, -0.15) is 0 Å². The minimum atomic E-state index is -1.28. The number of ketones is 1. The van der Waals surface area contributed by atoms with Crippen molar-refractivity contribution in [2.45, 2.75) is 27.2 Å². The number of hydrogen-bond acceptors (Lipinski definition) is 5. The Labute approximate surface area is 94.1 Å². The van der Waals surface area contributed by atoms with Crippen LogP contribution in [-0.4, -0.2) is 30.9 Å². The lowest BCUT2D eigenvalue weighted by Crippen LogP contribution is -2.30. The third-order valence-electron chi connectivity index (χ3n) is 2.80. The Morgan fingerprint density at radius 3 is 2.19 bits per heavy atom. The molecule has 0 bridgehead atoms. The average Bonchev–Trinajstić information content (AvgIpc) is 2.94. The molecule has 0 aromatic rings. The molecule has 0 spiro atoms. The first-order chi connectivity index (χ1) is 7.50. The van der Waals surface area contributed by atoms with Crippen molar-refractivity contribution in [3.8, 4) is 0 Å². The molecule has 0 heterocycles. The van der Waals surface area contributed by atoms with Crippen LogP contribution in [0.15, 0.2) is 0 Å². The summed E-state index contributed by atoms with van der Waals surface area (Å²) in [5.41, 5.74) is -1.28. The first-order valence-corrected chi connectivity index (χ1v) is 5.35. The van der Waals surface area contributed by atoms with Crippen molar-refractivity contribution in [3.63, 3.8) is 0 Å². The van der Waals surface area contributed by atoms with Gasteiger partial charge in [-0.25, -0.2) is 0 Å². The van der Waals surface area contributed by atoms with E-state index in [1.54, 1.807) is 13.8 Å². The van der Waals surface area contributed by atoms with Gasteiger partial charge < -0.3 is 9.47 Å². The lowest BCUT2D eigenvalue weighted by molar-refractivity contribution is -0.158. The molecular weight excluding hydrogens is 212 g/mol. The van der Waals surface area contributed by atoms with E-state index in [1.165, 1.54) is 6.92 Å². The van der Waals surface area contributed by atoms with Gasteiger partial charge in [0.15, 0.2) is 0 Å². The third kappa shape index (κ3) is 1.94. The van der Waals surface area contributed by atoms with E-state index in [0.717, 1.165) is 0 Å². The van der Waals surface area contributed by atoms with Crippen LogP contribution >= 0.6 is 0 Å². The van der Waals surface area contributed by atoms with Crippen LogP contribution in [0.3, 0.4) is 0 Å². The van der Waals surface area contributed by atoms with Crippen LogP contribution in [0.5, 0.6) is 0 Å². The number of esters is 2. The van der Waals surface area contributed by atoms with E-state index >= 15 is 0 Å². The van der Waals surface area contributed by atoms with Crippen molar-refractivity contribution < 1.29 is 23.9 Å². The first-order valence-electron chi connectivity index (χ1n) is 5.35.